The zero-order valence-corrected chi connectivity index (χ0v) is 13.6. The van der Waals surface area contributed by atoms with Gasteiger partial charge in [-0.15, -0.1) is 0 Å². The monoisotopic (exact) mass is 309 g/mol. The lowest BCUT2D eigenvalue weighted by molar-refractivity contribution is -0.106. The van der Waals surface area contributed by atoms with E-state index in [0.29, 0.717) is 0 Å². The maximum absolute atomic E-state index is 11.4. The smallest absolute Gasteiger partial charge is 0.167 e. The molecule has 0 amide bonds. The Hall–Kier alpha value is -2.07. The molecule has 0 aromatic heterocycles. The Morgan fingerprint density at radius 3 is 2.70 bits per heavy atom. The Morgan fingerprint density at radius 2 is 1.91 bits per heavy atom. The van der Waals surface area contributed by atoms with Gasteiger partial charge in [0, 0.05) is 31.4 Å². The van der Waals surface area contributed by atoms with Gasteiger partial charge >= 0.3 is 0 Å². The topological polar surface area (TPSA) is 35.6 Å². The van der Waals surface area contributed by atoms with Crippen molar-refractivity contribution in [2.75, 3.05) is 26.7 Å². The summed E-state index contributed by atoms with van der Waals surface area (Å²) >= 11 is 0. The van der Waals surface area contributed by atoms with Gasteiger partial charge < -0.3 is 15.1 Å². The Morgan fingerprint density at radius 1 is 1.13 bits per heavy atom. The van der Waals surface area contributed by atoms with Crippen molar-refractivity contribution < 1.29 is 4.79 Å². The summed E-state index contributed by atoms with van der Waals surface area (Å²) in [4.78, 5) is 16.0. The van der Waals surface area contributed by atoms with Crippen LogP contribution >= 0.6 is 0 Å². The van der Waals surface area contributed by atoms with Gasteiger partial charge in [-0.05, 0) is 37.4 Å². The number of nitrogens with zero attached hydrogens (tertiary/aromatic N) is 2. The molecule has 1 atom stereocenters. The minimum absolute atomic E-state index is 0.109. The number of carbonyl (C=O) groups is 1. The molecular weight excluding hydrogens is 286 g/mol. The summed E-state index contributed by atoms with van der Waals surface area (Å²) in [6, 6.07) is 8.74. The van der Waals surface area contributed by atoms with Gasteiger partial charge in [-0.1, -0.05) is 29.8 Å². The predicted molar refractivity (Wildman–Crippen MR) is 91.6 cm³/mol. The quantitative estimate of drug-likeness (QED) is 0.805. The lowest BCUT2D eigenvalue weighted by Crippen LogP contribution is -2.39. The lowest BCUT2D eigenvalue weighted by Gasteiger charge is -2.32. The van der Waals surface area contributed by atoms with E-state index < -0.39 is 0 Å². The van der Waals surface area contributed by atoms with E-state index in [1.165, 1.54) is 16.7 Å². The Bertz CT molecular complexity index is 682. The summed E-state index contributed by atoms with van der Waals surface area (Å²) in [5.41, 5.74) is 6.48. The molecule has 1 aromatic rings. The number of rotatable bonds is 1. The molecule has 1 fully saturated rings. The van der Waals surface area contributed by atoms with Crippen LogP contribution in [0.2, 0.25) is 0 Å². The van der Waals surface area contributed by atoms with Crippen LogP contribution in [0.3, 0.4) is 0 Å². The highest BCUT2D eigenvalue weighted by molar-refractivity contribution is 5.80. The molecule has 0 radical (unpaired) electrons. The zero-order valence-electron chi connectivity index (χ0n) is 13.6. The second-order valence-corrected chi connectivity index (χ2v) is 6.68. The molecule has 23 heavy (non-hydrogen) atoms. The van der Waals surface area contributed by atoms with Crippen LogP contribution in [0.25, 0.3) is 5.57 Å². The van der Waals surface area contributed by atoms with Crippen LogP contribution in [0.15, 0.2) is 41.7 Å². The summed E-state index contributed by atoms with van der Waals surface area (Å²) < 4.78 is 0. The van der Waals surface area contributed by atoms with Crippen molar-refractivity contribution in [3.63, 3.8) is 0 Å². The van der Waals surface area contributed by atoms with Gasteiger partial charge in [0.1, 0.15) is 6.17 Å². The fourth-order valence-electron chi connectivity index (χ4n) is 4.02. The molecule has 1 unspecified atom stereocenters. The number of carbonyl (C=O) groups excluding carboxylic acids is 1. The average molecular weight is 309 g/mol. The van der Waals surface area contributed by atoms with E-state index in [4.69, 9.17) is 0 Å². The molecule has 4 rings (SSSR count). The van der Waals surface area contributed by atoms with E-state index in [2.05, 4.69) is 46.4 Å². The first-order valence-electron chi connectivity index (χ1n) is 8.44. The number of nitrogens with one attached hydrogen (secondary N) is 1. The molecule has 3 aliphatic rings. The normalized spacial score (nSPS) is 24.5. The maximum atomic E-state index is 11.4. The van der Waals surface area contributed by atoms with E-state index in [-0.39, 0.29) is 6.17 Å². The van der Waals surface area contributed by atoms with Crippen LogP contribution in [-0.4, -0.2) is 48.9 Å². The van der Waals surface area contributed by atoms with Crippen molar-refractivity contribution >= 4 is 11.9 Å². The summed E-state index contributed by atoms with van der Waals surface area (Å²) in [7, 11) is 2.19. The molecule has 4 nitrogen and oxygen atoms in total. The highest BCUT2D eigenvalue weighted by Crippen LogP contribution is 2.37. The van der Waals surface area contributed by atoms with Crippen molar-refractivity contribution in [1.29, 1.82) is 0 Å². The number of fused-ring (bicyclic) bond motifs is 2. The van der Waals surface area contributed by atoms with Crippen LogP contribution in [0.1, 0.15) is 24.0 Å². The fourth-order valence-corrected chi connectivity index (χ4v) is 4.02. The number of benzene rings is 1. The Kier molecular flexibility index (Phi) is 3.69. The molecule has 0 aliphatic carbocycles. The molecule has 1 aromatic carbocycles. The van der Waals surface area contributed by atoms with Crippen LogP contribution in [0.4, 0.5) is 0 Å². The first-order chi connectivity index (χ1) is 11.3. The standard InChI is InChI=1S/C19H23N3O/c1-21-9-6-15(7-10-21)18-17-5-3-2-4-14(17)8-11-22-16(13-23)12-20-19(18)22/h2-5,12-13,19-20H,6-11H2,1H3. The first-order valence-corrected chi connectivity index (χ1v) is 8.44. The molecule has 3 aliphatic heterocycles. The molecule has 0 saturated carbocycles. The van der Waals surface area contributed by atoms with E-state index in [1.807, 2.05) is 6.20 Å². The van der Waals surface area contributed by atoms with Crippen molar-refractivity contribution in [2.24, 2.45) is 0 Å². The van der Waals surface area contributed by atoms with Gasteiger partial charge in [0.25, 0.3) is 0 Å². The number of piperidine rings is 1. The zero-order chi connectivity index (χ0) is 15.8. The molecule has 0 bridgehead atoms. The van der Waals surface area contributed by atoms with Crippen molar-refractivity contribution in [2.45, 2.75) is 25.4 Å². The van der Waals surface area contributed by atoms with Gasteiger partial charge in [0.2, 0.25) is 0 Å². The van der Waals surface area contributed by atoms with Crippen LogP contribution in [-0.2, 0) is 11.2 Å². The molecular formula is C19H23N3O. The van der Waals surface area contributed by atoms with Gasteiger partial charge in [0.15, 0.2) is 6.29 Å². The molecule has 1 saturated heterocycles. The third-order valence-electron chi connectivity index (χ3n) is 5.33. The lowest BCUT2D eigenvalue weighted by atomic mass is 9.89. The SMILES string of the molecule is CN1CCC(=C2c3ccccc3CCN3C(C=O)=CNC23)CC1. The second kappa shape index (κ2) is 5.85. The van der Waals surface area contributed by atoms with Crippen molar-refractivity contribution in [3.05, 3.63) is 52.9 Å². The molecule has 1 N–H and O–H groups in total. The first kappa shape index (κ1) is 14.5. The van der Waals surface area contributed by atoms with Crippen LogP contribution < -0.4 is 5.32 Å². The summed E-state index contributed by atoms with van der Waals surface area (Å²) in [5.74, 6) is 0. The average Bonchev–Trinajstić information content (AvgIpc) is 2.91. The summed E-state index contributed by atoms with van der Waals surface area (Å²) in [6.07, 6.45) is 6.17. The minimum Gasteiger partial charge on any atom is -0.366 e. The number of hydrogen-bond donors (Lipinski definition) is 1. The number of aldehydes is 1. The predicted octanol–water partition coefficient (Wildman–Crippen LogP) is 1.99. The highest BCUT2D eigenvalue weighted by atomic mass is 16.1. The third kappa shape index (κ3) is 2.47. The maximum Gasteiger partial charge on any atom is 0.167 e. The van der Waals surface area contributed by atoms with Crippen LogP contribution in [0.5, 0.6) is 0 Å². The Labute approximate surface area is 137 Å². The fraction of sp³-hybridized carbons (Fsp3) is 0.421. The van der Waals surface area contributed by atoms with Crippen molar-refractivity contribution in [1.82, 2.24) is 15.1 Å². The van der Waals surface area contributed by atoms with Gasteiger partial charge in [-0.2, -0.15) is 0 Å². The minimum atomic E-state index is 0.109. The summed E-state index contributed by atoms with van der Waals surface area (Å²) in [5, 5.41) is 3.46. The summed E-state index contributed by atoms with van der Waals surface area (Å²) in [6.45, 7) is 3.11. The Balaban J connectivity index is 1.82. The third-order valence-corrected chi connectivity index (χ3v) is 5.33. The molecule has 120 valence electrons. The van der Waals surface area contributed by atoms with Gasteiger partial charge in [0.05, 0.1) is 5.70 Å². The van der Waals surface area contributed by atoms with Crippen molar-refractivity contribution in [3.8, 4) is 0 Å². The molecule has 0 spiro atoms. The highest BCUT2D eigenvalue weighted by Gasteiger charge is 2.34. The van der Waals surface area contributed by atoms with E-state index >= 15 is 0 Å². The van der Waals surface area contributed by atoms with E-state index in [1.54, 1.807) is 5.57 Å². The largest absolute Gasteiger partial charge is 0.366 e. The molecule has 4 heteroatoms. The van der Waals surface area contributed by atoms with Gasteiger partial charge in [-0.3, -0.25) is 4.79 Å². The number of allylic oxidation sites excluding steroid dienone is 1. The van der Waals surface area contributed by atoms with E-state index in [0.717, 1.165) is 50.9 Å². The van der Waals surface area contributed by atoms with Gasteiger partial charge in [-0.25, -0.2) is 0 Å². The number of hydrogen-bond acceptors (Lipinski definition) is 4. The molecule has 3 heterocycles. The van der Waals surface area contributed by atoms with E-state index in [9.17, 15) is 4.79 Å². The second-order valence-electron chi connectivity index (χ2n) is 6.68. The van der Waals surface area contributed by atoms with Crippen LogP contribution in [0, 0.1) is 0 Å². The number of likely N-dealkylation sites (tertiary alicyclic amines) is 1.